The average molecular weight is 215 g/mol. The number of hydrogen-bond acceptors (Lipinski definition) is 2. The number of benzene rings is 1. The van der Waals surface area contributed by atoms with Gasteiger partial charge in [0.05, 0.1) is 7.11 Å². The maximum atomic E-state index is 13.5. The van der Waals surface area contributed by atoms with Gasteiger partial charge in [0.25, 0.3) is 0 Å². The Hall–Kier alpha value is -1.16. The quantitative estimate of drug-likeness (QED) is 0.838. The van der Waals surface area contributed by atoms with Crippen LogP contribution in [-0.4, -0.2) is 7.11 Å². The molecule has 0 aliphatic heterocycles. The normalized spacial score (nSPS) is 12.6. The molecule has 2 nitrogen and oxygen atoms in total. The van der Waals surface area contributed by atoms with Crippen molar-refractivity contribution in [1.82, 2.24) is 0 Å². The van der Waals surface area contributed by atoms with Gasteiger partial charge in [0.2, 0.25) is 0 Å². The standard InChI is InChI=1S/C11H15F2NO/c1-3-4-10(14)7-5-9(13)11(15-2)6-8(7)12/h5-6,10H,3-4,14H2,1-2H3. The number of hydrogen-bond donors (Lipinski definition) is 1. The molecule has 0 aliphatic rings. The minimum atomic E-state index is -0.583. The van der Waals surface area contributed by atoms with Crippen molar-refractivity contribution in [2.45, 2.75) is 25.8 Å². The molecular weight excluding hydrogens is 200 g/mol. The molecule has 0 bridgehead atoms. The van der Waals surface area contributed by atoms with Crippen LogP contribution in [0.25, 0.3) is 0 Å². The summed E-state index contributed by atoms with van der Waals surface area (Å²) < 4.78 is 31.4. The van der Waals surface area contributed by atoms with Crippen LogP contribution in [0.2, 0.25) is 0 Å². The lowest BCUT2D eigenvalue weighted by Gasteiger charge is -2.13. The maximum Gasteiger partial charge on any atom is 0.165 e. The molecular formula is C11H15F2NO. The van der Waals surface area contributed by atoms with E-state index in [1.54, 1.807) is 0 Å². The SMILES string of the molecule is CCCC(N)c1cc(F)c(OC)cc1F. The fraction of sp³-hybridized carbons (Fsp3) is 0.455. The van der Waals surface area contributed by atoms with Crippen LogP contribution in [0.3, 0.4) is 0 Å². The van der Waals surface area contributed by atoms with E-state index in [4.69, 9.17) is 5.73 Å². The zero-order chi connectivity index (χ0) is 11.4. The monoisotopic (exact) mass is 215 g/mol. The summed E-state index contributed by atoms with van der Waals surface area (Å²) in [7, 11) is 1.30. The summed E-state index contributed by atoms with van der Waals surface area (Å²) in [5.41, 5.74) is 5.92. The van der Waals surface area contributed by atoms with Crippen LogP contribution in [0.1, 0.15) is 31.4 Å². The highest BCUT2D eigenvalue weighted by atomic mass is 19.1. The molecule has 1 aromatic rings. The Kier molecular flexibility index (Phi) is 4.03. The Morgan fingerprint density at radius 3 is 2.53 bits per heavy atom. The molecule has 0 amide bonds. The van der Waals surface area contributed by atoms with E-state index in [0.717, 1.165) is 18.6 Å². The Balaban J connectivity index is 3.04. The first kappa shape index (κ1) is 11.9. The third-order valence-corrected chi connectivity index (χ3v) is 2.27. The fourth-order valence-electron chi connectivity index (χ4n) is 1.45. The maximum absolute atomic E-state index is 13.5. The molecule has 2 N–H and O–H groups in total. The van der Waals surface area contributed by atoms with Crippen molar-refractivity contribution in [3.63, 3.8) is 0 Å². The topological polar surface area (TPSA) is 35.2 Å². The van der Waals surface area contributed by atoms with Crippen molar-refractivity contribution in [1.29, 1.82) is 0 Å². The Morgan fingerprint density at radius 2 is 2.00 bits per heavy atom. The van der Waals surface area contributed by atoms with E-state index in [1.165, 1.54) is 7.11 Å². The summed E-state index contributed by atoms with van der Waals surface area (Å²) in [4.78, 5) is 0. The van der Waals surface area contributed by atoms with Gasteiger partial charge in [-0.05, 0) is 12.5 Å². The number of rotatable bonds is 4. The third kappa shape index (κ3) is 2.65. The largest absolute Gasteiger partial charge is 0.494 e. The average Bonchev–Trinajstić information content (AvgIpc) is 2.21. The molecule has 1 atom stereocenters. The van der Waals surface area contributed by atoms with Gasteiger partial charge in [-0.1, -0.05) is 13.3 Å². The van der Waals surface area contributed by atoms with Gasteiger partial charge in [0, 0.05) is 17.7 Å². The number of halogens is 2. The first-order valence-electron chi connectivity index (χ1n) is 4.88. The molecule has 0 fully saturated rings. The molecule has 15 heavy (non-hydrogen) atoms. The van der Waals surface area contributed by atoms with Crippen LogP contribution in [0, 0.1) is 11.6 Å². The van der Waals surface area contributed by atoms with E-state index in [0.29, 0.717) is 6.42 Å². The second-order valence-corrected chi connectivity index (χ2v) is 3.40. The van der Waals surface area contributed by atoms with E-state index in [1.807, 2.05) is 6.92 Å². The van der Waals surface area contributed by atoms with Gasteiger partial charge in [0.1, 0.15) is 5.82 Å². The van der Waals surface area contributed by atoms with Crippen LogP contribution in [0.15, 0.2) is 12.1 Å². The summed E-state index contributed by atoms with van der Waals surface area (Å²) in [5, 5.41) is 0. The second kappa shape index (κ2) is 5.07. The van der Waals surface area contributed by atoms with E-state index >= 15 is 0 Å². The Bertz CT molecular complexity index is 342. The lowest BCUT2D eigenvalue weighted by Crippen LogP contribution is -2.12. The van der Waals surface area contributed by atoms with Gasteiger partial charge < -0.3 is 10.5 Å². The highest BCUT2D eigenvalue weighted by Gasteiger charge is 2.15. The minimum Gasteiger partial charge on any atom is -0.494 e. The molecule has 1 unspecified atom stereocenters. The number of ether oxygens (including phenoxy) is 1. The lowest BCUT2D eigenvalue weighted by molar-refractivity contribution is 0.380. The third-order valence-electron chi connectivity index (χ3n) is 2.27. The van der Waals surface area contributed by atoms with Gasteiger partial charge in [-0.2, -0.15) is 0 Å². The zero-order valence-electron chi connectivity index (χ0n) is 8.89. The predicted molar refractivity (Wildman–Crippen MR) is 54.7 cm³/mol. The molecule has 84 valence electrons. The first-order valence-corrected chi connectivity index (χ1v) is 4.88. The van der Waals surface area contributed by atoms with Crippen LogP contribution in [0.5, 0.6) is 5.75 Å². The Morgan fingerprint density at radius 1 is 1.33 bits per heavy atom. The summed E-state index contributed by atoms with van der Waals surface area (Å²) >= 11 is 0. The smallest absolute Gasteiger partial charge is 0.165 e. The fourth-order valence-corrected chi connectivity index (χ4v) is 1.45. The lowest BCUT2D eigenvalue weighted by atomic mass is 10.0. The highest BCUT2D eigenvalue weighted by Crippen LogP contribution is 2.26. The summed E-state index contributed by atoms with van der Waals surface area (Å²) in [6.07, 6.45) is 1.46. The summed E-state index contributed by atoms with van der Waals surface area (Å²) in [6.45, 7) is 1.94. The molecule has 4 heteroatoms. The van der Waals surface area contributed by atoms with Gasteiger partial charge in [-0.25, -0.2) is 8.78 Å². The molecule has 0 heterocycles. The molecule has 0 saturated heterocycles. The van der Waals surface area contributed by atoms with Gasteiger partial charge in [-0.3, -0.25) is 0 Å². The molecule has 0 radical (unpaired) electrons. The van der Waals surface area contributed by atoms with Crippen LogP contribution in [0.4, 0.5) is 8.78 Å². The first-order chi connectivity index (χ1) is 7.10. The van der Waals surface area contributed by atoms with Crippen molar-refractivity contribution >= 4 is 0 Å². The van der Waals surface area contributed by atoms with E-state index in [-0.39, 0.29) is 11.3 Å². The van der Waals surface area contributed by atoms with Crippen LogP contribution < -0.4 is 10.5 Å². The van der Waals surface area contributed by atoms with E-state index in [2.05, 4.69) is 4.74 Å². The van der Waals surface area contributed by atoms with E-state index < -0.39 is 17.7 Å². The molecule has 0 aliphatic carbocycles. The van der Waals surface area contributed by atoms with Crippen molar-refractivity contribution < 1.29 is 13.5 Å². The minimum absolute atomic E-state index is 0.0973. The highest BCUT2D eigenvalue weighted by molar-refractivity contribution is 5.32. The van der Waals surface area contributed by atoms with Crippen molar-refractivity contribution in [3.05, 3.63) is 29.3 Å². The molecule has 0 saturated carbocycles. The summed E-state index contributed by atoms with van der Waals surface area (Å²) in [5.74, 6) is -1.20. The van der Waals surface area contributed by atoms with Gasteiger partial charge in [0.15, 0.2) is 11.6 Å². The summed E-state index contributed by atoms with van der Waals surface area (Å²) in [6, 6.07) is 1.67. The number of methoxy groups -OCH3 is 1. The molecule has 0 aromatic heterocycles. The molecule has 0 spiro atoms. The van der Waals surface area contributed by atoms with Crippen LogP contribution >= 0.6 is 0 Å². The van der Waals surface area contributed by atoms with Crippen molar-refractivity contribution in [2.75, 3.05) is 7.11 Å². The number of nitrogens with two attached hydrogens (primary N) is 1. The van der Waals surface area contributed by atoms with Gasteiger partial charge in [-0.15, -0.1) is 0 Å². The second-order valence-electron chi connectivity index (χ2n) is 3.40. The predicted octanol–water partition coefficient (Wildman–Crippen LogP) is 2.77. The Labute approximate surface area is 88.0 Å². The van der Waals surface area contributed by atoms with Crippen molar-refractivity contribution in [2.24, 2.45) is 5.73 Å². The van der Waals surface area contributed by atoms with Crippen molar-refractivity contribution in [3.8, 4) is 5.75 Å². The van der Waals surface area contributed by atoms with Gasteiger partial charge >= 0.3 is 0 Å². The van der Waals surface area contributed by atoms with Crippen LogP contribution in [-0.2, 0) is 0 Å². The molecule has 1 rings (SSSR count). The van der Waals surface area contributed by atoms with E-state index in [9.17, 15) is 8.78 Å². The molecule has 1 aromatic carbocycles. The zero-order valence-corrected chi connectivity index (χ0v) is 8.89.